The molecule has 0 amide bonds. The second-order valence-electron chi connectivity index (χ2n) is 10.9. The van der Waals surface area contributed by atoms with Crippen molar-refractivity contribution in [2.75, 3.05) is 0 Å². The van der Waals surface area contributed by atoms with Crippen LogP contribution in [-0.2, 0) is 0 Å². The van der Waals surface area contributed by atoms with Crippen molar-refractivity contribution in [2.24, 2.45) is 0 Å². The number of fused-ring (bicyclic) bond motifs is 7. The third kappa shape index (κ3) is 3.67. The number of aromatic nitrogens is 4. The summed E-state index contributed by atoms with van der Waals surface area (Å²) in [4.78, 5) is 15.6. The Morgan fingerprint density at radius 1 is 0.349 bits per heavy atom. The highest BCUT2D eigenvalue weighted by Gasteiger charge is 2.20. The molecule has 43 heavy (non-hydrogen) atoms. The van der Waals surface area contributed by atoms with Gasteiger partial charge in [0, 0.05) is 21.9 Å². The fourth-order valence-corrected chi connectivity index (χ4v) is 6.50. The van der Waals surface area contributed by atoms with Crippen LogP contribution in [0.1, 0.15) is 0 Å². The number of para-hydroxylation sites is 1. The molecule has 0 spiro atoms. The smallest absolute Gasteiger partial charge is 0.238 e. The van der Waals surface area contributed by atoms with Crippen molar-refractivity contribution in [3.8, 4) is 28.7 Å². The molecule has 2 aromatic heterocycles. The molecule has 0 aliphatic carbocycles. The van der Waals surface area contributed by atoms with Gasteiger partial charge in [0.1, 0.15) is 0 Å². The van der Waals surface area contributed by atoms with Gasteiger partial charge in [-0.05, 0) is 44.5 Å². The summed E-state index contributed by atoms with van der Waals surface area (Å²) in [7, 11) is 0. The first-order valence-electron chi connectivity index (χ1n) is 14.5. The van der Waals surface area contributed by atoms with E-state index < -0.39 is 0 Å². The van der Waals surface area contributed by atoms with Crippen LogP contribution in [0.25, 0.3) is 82.8 Å². The van der Waals surface area contributed by atoms with Crippen LogP contribution in [-0.4, -0.2) is 19.5 Å². The molecule has 0 radical (unpaired) electrons. The van der Waals surface area contributed by atoms with E-state index in [-0.39, 0.29) is 0 Å². The molecular formula is C39H24N4. The second-order valence-corrected chi connectivity index (χ2v) is 10.9. The highest BCUT2D eigenvalue weighted by atomic mass is 15.2. The zero-order valence-corrected chi connectivity index (χ0v) is 23.1. The molecule has 9 aromatic rings. The summed E-state index contributed by atoms with van der Waals surface area (Å²) in [6.45, 7) is 0. The standard InChI is InChI=1S/C39H24N4/c1-4-16-28-25(11-1)14-9-20-31(28)37-40-38(32-21-10-15-26-12-2-5-17-29(26)32)42-39(41-37)43-34-22-8-7-19-33(34)36-30-18-6-3-13-27(30)23-24-35(36)43/h1-24H. The van der Waals surface area contributed by atoms with Gasteiger partial charge in [0.15, 0.2) is 11.6 Å². The van der Waals surface area contributed by atoms with Crippen LogP contribution in [0.4, 0.5) is 0 Å². The van der Waals surface area contributed by atoms with E-state index in [0.29, 0.717) is 17.6 Å². The van der Waals surface area contributed by atoms with Crippen LogP contribution in [0, 0.1) is 0 Å². The molecule has 4 heteroatoms. The molecule has 0 fully saturated rings. The molecule has 0 saturated heterocycles. The minimum atomic E-state index is 0.599. The Morgan fingerprint density at radius 3 is 1.47 bits per heavy atom. The first-order chi connectivity index (χ1) is 21.3. The molecule has 0 aliphatic rings. The Labute approximate surface area is 247 Å². The van der Waals surface area contributed by atoms with Crippen molar-refractivity contribution in [1.29, 1.82) is 0 Å². The van der Waals surface area contributed by atoms with Crippen LogP contribution in [0.2, 0.25) is 0 Å². The van der Waals surface area contributed by atoms with E-state index in [1.54, 1.807) is 0 Å². The number of nitrogens with zero attached hydrogens (tertiary/aromatic N) is 4. The number of hydrogen-bond donors (Lipinski definition) is 0. The Hall–Kier alpha value is -5.87. The number of rotatable bonds is 3. The molecule has 0 atom stereocenters. The van der Waals surface area contributed by atoms with Gasteiger partial charge in [0.05, 0.1) is 11.0 Å². The SMILES string of the molecule is c1ccc2c(-c3nc(-c4cccc5ccccc45)nc(-n4c5ccccc5c5c6ccccc6ccc54)n3)cccc2c1. The zero-order chi connectivity index (χ0) is 28.3. The molecule has 2 heterocycles. The lowest BCUT2D eigenvalue weighted by Crippen LogP contribution is -2.06. The summed E-state index contributed by atoms with van der Waals surface area (Å²) < 4.78 is 2.20. The van der Waals surface area contributed by atoms with Gasteiger partial charge in [0.2, 0.25) is 5.95 Å². The van der Waals surface area contributed by atoms with E-state index in [9.17, 15) is 0 Å². The van der Waals surface area contributed by atoms with Crippen LogP contribution < -0.4 is 0 Å². The minimum Gasteiger partial charge on any atom is -0.278 e. The van der Waals surface area contributed by atoms with E-state index in [2.05, 4.69) is 150 Å². The summed E-state index contributed by atoms with van der Waals surface area (Å²) in [5.41, 5.74) is 4.09. The lowest BCUT2D eigenvalue weighted by atomic mass is 10.0. The quantitative estimate of drug-likeness (QED) is 0.221. The van der Waals surface area contributed by atoms with Gasteiger partial charge in [-0.3, -0.25) is 4.57 Å². The maximum Gasteiger partial charge on any atom is 0.238 e. The molecule has 0 bridgehead atoms. The van der Waals surface area contributed by atoms with Gasteiger partial charge in [-0.1, -0.05) is 133 Å². The van der Waals surface area contributed by atoms with Crippen molar-refractivity contribution < 1.29 is 0 Å². The third-order valence-corrected chi connectivity index (χ3v) is 8.45. The molecule has 0 aliphatic heterocycles. The van der Waals surface area contributed by atoms with Gasteiger partial charge >= 0.3 is 0 Å². The zero-order valence-electron chi connectivity index (χ0n) is 23.1. The fourth-order valence-electron chi connectivity index (χ4n) is 6.50. The minimum absolute atomic E-state index is 0.599. The van der Waals surface area contributed by atoms with Gasteiger partial charge in [-0.25, -0.2) is 4.98 Å². The van der Waals surface area contributed by atoms with Crippen molar-refractivity contribution >= 4 is 54.1 Å². The Balaban J connectivity index is 1.42. The highest BCUT2D eigenvalue weighted by Crippen LogP contribution is 2.37. The maximum atomic E-state index is 5.22. The van der Waals surface area contributed by atoms with E-state index in [1.807, 2.05) is 0 Å². The average Bonchev–Trinajstić information content (AvgIpc) is 3.42. The van der Waals surface area contributed by atoms with Crippen molar-refractivity contribution in [2.45, 2.75) is 0 Å². The summed E-state index contributed by atoms with van der Waals surface area (Å²) in [5, 5.41) is 9.32. The highest BCUT2D eigenvalue weighted by molar-refractivity contribution is 6.21. The van der Waals surface area contributed by atoms with E-state index in [4.69, 9.17) is 15.0 Å². The first kappa shape index (κ1) is 23.8. The van der Waals surface area contributed by atoms with E-state index in [0.717, 1.165) is 43.7 Å². The molecule has 4 nitrogen and oxygen atoms in total. The lowest BCUT2D eigenvalue weighted by molar-refractivity contribution is 0.955. The predicted octanol–water partition coefficient (Wildman–Crippen LogP) is 9.76. The summed E-state index contributed by atoms with van der Waals surface area (Å²) in [6.07, 6.45) is 0. The molecule has 200 valence electrons. The molecular weight excluding hydrogens is 524 g/mol. The van der Waals surface area contributed by atoms with Crippen molar-refractivity contribution in [3.63, 3.8) is 0 Å². The maximum absolute atomic E-state index is 5.22. The summed E-state index contributed by atoms with van der Waals surface area (Å²) in [6, 6.07) is 50.9. The second kappa shape index (κ2) is 9.33. The summed E-state index contributed by atoms with van der Waals surface area (Å²) in [5.74, 6) is 1.90. The van der Waals surface area contributed by atoms with Gasteiger partial charge in [0.25, 0.3) is 0 Å². The Bertz CT molecular complexity index is 2420. The van der Waals surface area contributed by atoms with Crippen molar-refractivity contribution in [3.05, 3.63) is 146 Å². The van der Waals surface area contributed by atoms with Crippen LogP contribution in [0.15, 0.2) is 146 Å². The van der Waals surface area contributed by atoms with Crippen LogP contribution >= 0.6 is 0 Å². The Morgan fingerprint density at radius 2 is 0.837 bits per heavy atom. The summed E-state index contributed by atoms with van der Waals surface area (Å²) >= 11 is 0. The largest absolute Gasteiger partial charge is 0.278 e. The van der Waals surface area contributed by atoms with E-state index >= 15 is 0 Å². The molecule has 0 saturated carbocycles. The normalized spacial score (nSPS) is 11.7. The average molecular weight is 549 g/mol. The number of hydrogen-bond acceptors (Lipinski definition) is 3. The van der Waals surface area contributed by atoms with Crippen LogP contribution in [0.5, 0.6) is 0 Å². The predicted molar refractivity (Wildman–Crippen MR) is 178 cm³/mol. The van der Waals surface area contributed by atoms with Crippen LogP contribution in [0.3, 0.4) is 0 Å². The van der Waals surface area contributed by atoms with Gasteiger partial charge < -0.3 is 0 Å². The molecule has 0 unspecified atom stereocenters. The van der Waals surface area contributed by atoms with E-state index in [1.165, 1.54) is 21.5 Å². The fraction of sp³-hybridized carbons (Fsp3) is 0. The van der Waals surface area contributed by atoms with Gasteiger partial charge in [-0.15, -0.1) is 0 Å². The topological polar surface area (TPSA) is 43.6 Å². The first-order valence-corrected chi connectivity index (χ1v) is 14.5. The lowest BCUT2D eigenvalue weighted by Gasteiger charge is -2.13. The molecule has 7 aromatic carbocycles. The Kier molecular flexibility index (Phi) is 5.16. The van der Waals surface area contributed by atoms with Crippen molar-refractivity contribution in [1.82, 2.24) is 19.5 Å². The number of benzene rings is 7. The monoisotopic (exact) mass is 548 g/mol. The molecule has 9 rings (SSSR count). The molecule has 0 N–H and O–H groups in total. The van der Waals surface area contributed by atoms with Gasteiger partial charge in [-0.2, -0.15) is 9.97 Å². The third-order valence-electron chi connectivity index (χ3n) is 8.45.